The number of hydrogen-bond acceptors (Lipinski definition) is 5. The summed E-state index contributed by atoms with van der Waals surface area (Å²) in [6.45, 7) is 3.05. The molecule has 136 valence electrons. The van der Waals surface area contributed by atoms with Crippen molar-refractivity contribution in [1.29, 1.82) is 5.26 Å². The minimum atomic E-state index is -0.304. The molecule has 5 heteroatoms. The van der Waals surface area contributed by atoms with Crippen molar-refractivity contribution in [3.05, 3.63) is 47.6 Å². The molecule has 2 atom stereocenters. The van der Waals surface area contributed by atoms with E-state index in [2.05, 4.69) is 33.7 Å². The highest BCUT2D eigenvalue weighted by molar-refractivity contribution is 5.33. The predicted molar refractivity (Wildman–Crippen MR) is 98.5 cm³/mol. The summed E-state index contributed by atoms with van der Waals surface area (Å²) in [7, 11) is 0. The zero-order valence-corrected chi connectivity index (χ0v) is 15.3. The SMILES string of the molecule is CCc1noc(C2CC2CNC2CCC(C#N)(c3ccccc3)CC2)n1. The standard InChI is InChI=1S/C21H26N4O/c1-2-19-24-20(26-25-19)18-12-15(18)13-23-17-8-10-21(14-22,11-9-17)16-6-4-3-5-7-16/h3-7,15,17-18,23H,2,8-13H2,1H3. The van der Waals surface area contributed by atoms with Gasteiger partial charge in [0.1, 0.15) is 0 Å². The van der Waals surface area contributed by atoms with Gasteiger partial charge in [-0.25, -0.2) is 0 Å². The third-order valence-corrected chi connectivity index (χ3v) is 6.09. The van der Waals surface area contributed by atoms with Gasteiger partial charge in [-0.2, -0.15) is 10.2 Å². The molecule has 2 unspecified atom stereocenters. The molecule has 1 N–H and O–H groups in total. The van der Waals surface area contributed by atoms with Crippen molar-refractivity contribution in [2.24, 2.45) is 5.92 Å². The molecule has 2 saturated carbocycles. The Kier molecular flexibility index (Phi) is 4.78. The number of aryl methyl sites for hydroxylation is 1. The molecule has 26 heavy (non-hydrogen) atoms. The van der Waals surface area contributed by atoms with Gasteiger partial charge in [0.15, 0.2) is 5.82 Å². The Morgan fingerprint density at radius 2 is 2.04 bits per heavy atom. The summed E-state index contributed by atoms with van der Waals surface area (Å²) in [5.41, 5.74) is 0.869. The number of hydrogen-bond donors (Lipinski definition) is 1. The van der Waals surface area contributed by atoms with Crippen molar-refractivity contribution < 1.29 is 4.52 Å². The molecule has 1 aromatic carbocycles. The van der Waals surface area contributed by atoms with E-state index in [1.807, 2.05) is 25.1 Å². The minimum absolute atomic E-state index is 0.304. The van der Waals surface area contributed by atoms with Crippen molar-refractivity contribution in [2.45, 2.75) is 62.8 Å². The first kappa shape index (κ1) is 17.2. The number of nitriles is 1. The lowest BCUT2D eigenvalue weighted by Crippen LogP contribution is -2.40. The highest BCUT2D eigenvalue weighted by Gasteiger charge is 2.43. The van der Waals surface area contributed by atoms with Gasteiger partial charge in [0.25, 0.3) is 0 Å². The summed E-state index contributed by atoms with van der Waals surface area (Å²) < 4.78 is 5.37. The van der Waals surface area contributed by atoms with E-state index in [0.29, 0.717) is 17.9 Å². The van der Waals surface area contributed by atoms with E-state index in [9.17, 15) is 5.26 Å². The van der Waals surface area contributed by atoms with Crippen molar-refractivity contribution in [1.82, 2.24) is 15.5 Å². The number of aromatic nitrogens is 2. The molecule has 0 saturated heterocycles. The number of nitrogens with zero attached hydrogens (tertiary/aromatic N) is 3. The van der Waals surface area contributed by atoms with Crippen LogP contribution in [0.15, 0.2) is 34.9 Å². The van der Waals surface area contributed by atoms with Crippen molar-refractivity contribution >= 4 is 0 Å². The fourth-order valence-corrected chi connectivity index (χ4v) is 4.19. The molecule has 0 bridgehead atoms. The van der Waals surface area contributed by atoms with E-state index in [4.69, 9.17) is 4.52 Å². The predicted octanol–water partition coefficient (Wildman–Crippen LogP) is 3.73. The van der Waals surface area contributed by atoms with Crippen LogP contribution in [0.3, 0.4) is 0 Å². The van der Waals surface area contributed by atoms with Crippen LogP contribution in [0, 0.1) is 17.2 Å². The third kappa shape index (κ3) is 3.39. The molecule has 2 aliphatic carbocycles. The van der Waals surface area contributed by atoms with Gasteiger partial charge >= 0.3 is 0 Å². The maximum absolute atomic E-state index is 9.80. The number of nitrogens with one attached hydrogen (secondary N) is 1. The molecule has 5 nitrogen and oxygen atoms in total. The quantitative estimate of drug-likeness (QED) is 0.859. The maximum Gasteiger partial charge on any atom is 0.230 e. The number of benzene rings is 1. The molecular formula is C21H26N4O. The van der Waals surface area contributed by atoms with Gasteiger partial charge in [-0.15, -0.1) is 0 Å². The molecular weight excluding hydrogens is 324 g/mol. The molecule has 0 aliphatic heterocycles. The van der Waals surface area contributed by atoms with Crippen molar-refractivity contribution in [3.8, 4) is 6.07 Å². The fourth-order valence-electron chi connectivity index (χ4n) is 4.19. The normalized spacial score (nSPS) is 30.7. The molecule has 2 aliphatic rings. The van der Waals surface area contributed by atoms with Gasteiger partial charge in [0.2, 0.25) is 5.89 Å². The van der Waals surface area contributed by atoms with Gasteiger partial charge in [-0.3, -0.25) is 0 Å². The Morgan fingerprint density at radius 3 is 2.69 bits per heavy atom. The lowest BCUT2D eigenvalue weighted by atomic mass is 9.69. The van der Waals surface area contributed by atoms with Gasteiger partial charge in [0.05, 0.1) is 11.5 Å². The second kappa shape index (κ2) is 7.20. The van der Waals surface area contributed by atoms with Crippen LogP contribution in [0.5, 0.6) is 0 Å². The fraction of sp³-hybridized carbons (Fsp3) is 0.571. The smallest absolute Gasteiger partial charge is 0.230 e. The largest absolute Gasteiger partial charge is 0.339 e. The van der Waals surface area contributed by atoms with Crippen LogP contribution < -0.4 is 5.32 Å². The molecule has 0 radical (unpaired) electrons. The lowest BCUT2D eigenvalue weighted by Gasteiger charge is -2.35. The van der Waals surface area contributed by atoms with E-state index < -0.39 is 0 Å². The first-order valence-electron chi connectivity index (χ1n) is 9.77. The Labute approximate surface area is 154 Å². The highest BCUT2D eigenvalue weighted by atomic mass is 16.5. The second-order valence-corrected chi connectivity index (χ2v) is 7.75. The molecule has 2 fully saturated rings. The monoisotopic (exact) mass is 350 g/mol. The van der Waals surface area contributed by atoms with Crippen LogP contribution in [-0.2, 0) is 11.8 Å². The van der Waals surface area contributed by atoms with E-state index in [0.717, 1.165) is 56.8 Å². The van der Waals surface area contributed by atoms with E-state index >= 15 is 0 Å². The summed E-state index contributed by atoms with van der Waals surface area (Å²) >= 11 is 0. The van der Waals surface area contributed by atoms with Crippen LogP contribution in [0.1, 0.15) is 62.2 Å². The maximum atomic E-state index is 9.80. The molecule has 4 rings (SSSR count). The summed E-state index contributed by atoms with van der Waals surface area (Å²) in [5, 5.41) is 17.5. The zero-order chi connectivity index (χ0) is 18.0. The second-order valence-electron chi connectivity index (χ2n) is 7.75. The van der Waals surface area contributed by atoms with Crippen molar-refractivity contribution in [3.63, 3.8) is 0 Å². The topological polar surface area (TPSA) is 74.7 Å². The van der Waals surface area contributed by atoms with Gasteiger partial charge < -0.3 is 9.84 Å². The molecule has 1 heterocycles. The van der Waals surface area contributed by atoms with Crippen LogP contribution in [0.2, 0.25) is 0 Å². The summed E-state index contributed by atoms with van der Waals surface area (Å²) in [5.74, 6) is 2.66. The zero-order valence-electron chi connectivity index (χ0n) is 15.3. The average molecular weight is 350 g/mol. The Morgan fingerprint density at radius 1 is 1.27 bits per heavy atom. The molecule has 0 spiro atoms. The van der Waals surface area contributed by atoms with E-state index in [1.54, 1.807) is 0 Å². The first-order chi connectivity index (χ1) is 12.7. The summed E-state index contributed by atoms with van der Waals surface area (Å²) in [4.78, 5) is 4.46. The van der Waals surface area contributed by atoms with E-state index in [-0.39, 0.29) is 5.41 Å². The Hall–Kier alpha value is -2.19. The van der Waals surface area contributed by atoms with Gasteiger partial charge in [0, 0.05) is 18.4 Å². The molecule has 2 aromatic rings. The molecule has 1 aromatic heterocycles. The molecule has 0 amide bonds. The van der Waals surface area contributed by atoms with Gasteiger partial charge in [-0.1, -0.05) is 42.4 Å². The highest BCUT2D eigenvalue weighted by Crippen LogP contribution is 2.46. The van der Waals surface area contributed by atoms with Crippen molar-refractivity contribution in [2.75, 3.05) is 6.54 Å². The third-order valence-electron chi connectivity index (χ3n) is 6.09. The van der Waals surface area contributed by atoms with Crippen LogP contribution in [-0.4, -0.2) is 22.7 Å². The minimum Gasteiger partial charge on any atom is -0.339 e. The van der Waals surface area contributed by atoms with Gasteiger partial charge in [-0.05, 0) is 50.1 Å². The Balaban J connectivity index is 1.27. The number of rotatable bonds is 6. The van der Waals surface area contributed by atoms with Crippen LogP contribution >= 0.6 is 0 Å². The summed E-state index contributed by atoms with van der Waals surface area (Å²) in [6, 6.07) is 13.4. The lowest BCUT2D eigenvalue weighted by molar-refractivity contribution is 0.292. The van der Waals surface area contributed by atoms with E-state index in [1.165, 1.54) is 5.56 Å². The van der Waals surface area contributed by atoms with Crippen LogP contribution in [0.4, 0.5) is 0 Å². The average Bonchev–Trinajstić information content (AvgIpc) is 3.33. The first-order valence-corrected chi connectivity index (χ1v) is 9.77. The Bertz CT molecular complexity index is 771. The van der Waals surface area contributed by atoms with Crippen LogP contribution in [0.25, 0.3) is 0 Å². The summed E-state index contributed by atoms with van der Waals surface area (Å²) in [6.07, 6.45) is 5.94.